The van der Waals surface area contributed by atoms with E-state index in [0.29, 0.717) is 6.54 Å². The van der Waals surface area contributed by atoms with Crippen LogP contribution in [-0.2, 0) is 9.59 Å². The minimum Gasteiger partial charge on any atom is -1.00 e. The van der Waals surface area contributed by atoms with Gasteiger partial charge in [0.2, 0.25) is 12.4 Å². The first kappa shape index (κ1) is 18.5. The zero-order valence-corrected chi connectivity index (χ0v) is 11.3. The maximum Gasteiger partial charge on any atom is 0.205 e. The molecule has 0 aromatic carbocycles. The van der Waals surface area contributed by atoms with Crippen LogP contribution in [0.4, 0.5) is 0 Å². The molecular weight excluding hydrogens is 240 g/mol. The molecule has 0 amide bonds. The van der Waals surface area contributed by atoms with Gasteiger partial charge < -0.3 is 12.4 Å². The van der Waals surface area contributed by atoms with Crippen molar-refractivity contribution < 1.29 is 26.6 Å². The molecule has 0 fully saturated rings. The van der Waals surface area contributed by atoms with Crippen molar-refractivity contribution in [1.29, 1.82) is 0 Å². The number of nitrogens with zero attached hydrogens (tertiary/aromatic N) is 1. The molecule has 0 aliphatic heterocycles. The van der Waals surface area contributed by atoms with Crippen LogP contribution in [0.2, 0.25) is 0 Å². The molecule has 0 aliphatic carbocycles. The van der Waals surface area contributed by atoms with Crippen LogP contribution in [-0.4, -0.2) is 29.6 Å². The van der Waals surface area contributed by atoms with Crippen LogP contribution in [0.1, 0.15) is 39.5 Å². The summed E-state index contributed by atoms with van der Waals surface area (Å²) in [7, 11) is 0. The highest BCUT2D eigenvalue weighted by atomic mass is 35.5. The Morgan fingerprint density at radius 2 is 1.65 bits per heavy atom. The van der Waals surface area contributed by atoms with E-state index in [0.717, 1.165) is 32.2 Å². The topological polar surface area (TPSA) is 46.2 Å². The van der Waals surface area contributed by atoms with Crippen molar-refractivity contribution in [1.82, 2.24) is 5.43 Å². The minimum atomic E-state index is 0. The van der Waals surface area contributed by atoms with Crippen LogP contribution >= 0.6 is 0 Å². The van der Waals surface area contributed by atoms with E-state index >= 15 is 0 Å². The predicted molar refractivity (Wildman–Crippen MR) is 63.5 cm³/mol. The van der Waals surface area contributed by atoms with E-state index in [2.05, 4.69) is 12.3 Å². The van der Waals surface area contributed by atoms with Gasteiger partial charge in [-0.1, -0.05) is 26.7 Å². The summed E-state index contributed by atoms with van der Waals surface area (Å²) in [6, 6.07) is 0. The number of hydrogen-bond donors (Lipinski definition) is 1. The number of halogens is 1. The van der Waals surface area contributed by atoms with Crippen molar-refractivity contribution in [2.45, 2.75) is 39.5 Å². The van der Waals surface area contributed by atoms with E-state index in [4.69, 9.17) is 0 Å². The highest BCUT2D eigenvalue weighted by molar-refractivity contribution is 5.45. The Hall–Kier alpha value is -0.890. The van der Waals surface area contributed by atoms with Crippen molar-refractivity contribution in [3.8, 4) is 0 Å². The molecule has 0 aromatic rings. The normalized spacial score (nSPS) is 12.6. The van der Waals surface area contributed by atoms with E-state index in [-0.39, 0.29) is 17.0 Å². The molecular formula is C12H21ClN2O2. The summed E-state index contributed by atoms with van der Waals surface area (Å²) in [5, 5.41) is 0. The van der Waals surface area contributed by atoms with Crippen LogP contribution in [0.5, 0.6) is 0 Å². The number of quaternary nitrogens is 1. The Kier molecular flexibility index (Phi) is 12.6. The van der Waals surface area contributed by atoms with E-state index in [1.807, 2.05) is 6.92 Å². The summed E-state index contributed by atoms with van der Waals surface area (Å²) < 4.78 is 0.0488. The lowest BCUT2D eigenvalue weighted by Crippen LogP contribution is -3.00. The number of unbranched alkanes of at least 4 members (excludes halogenated alkanes) is 2. The zero-order valence-electron chi connectivity index (χ0n) is 10.5. The summed E-state index contributed by atoms with van der Waals surface area (Å²) in [6.07, 6.45) is 6.80. The van der Waals surface area contributed by atoms with Gasteiger partial charge in [-0.05, 0) is 12.8 Å². The van der Waals surface area contributed by atoms with Crippen LogP contribution in [0.15, 0.2) is 12.4 Å². The highest BCUT2D eigenvalue weighted by Crippen LogP contribution is 2.05. The first-order valence-corrected chi connectivity index (χ1v) is 5.81. The Balaban J connectivity index is 0. The maximum absolute atomic E-state index is 10.5. The molecule has 0 saturated heterocycles. The first-order chi connectivity index (χ1) is 7.74. The third-order valence-electron chi connectivity index (χ3n) is 2.35. The van der Waals surface area contributed by atoms with Gasteiger partial charge in [0, 0.05) is 6.54 Å². The largest absolute Gasteiger partial charge is 1.00 e. The monoisotopic (exact) mass is 260 g/mol. The lowest BCUT2D eigenvalue weighted by molar-refractivity contribution is -0.872. The molecule has 5 heteroatoms. The second kappa shape index (κ2) is 11.6. The lowest BCUT2D eigenvalue weighted by Gasteiger charge is -2.27. The number of hydrogen-bond acceptors (Lipinski definition) is 3. The van der Waals surface area contributed by atoms with Gasteiger partial charge in [-0.25, -0.2) is 9.59 Å². The molecule has 0 atom stereocenters. The fraction of sp³-hybridized carbons (Fsp3) is 0.667. The molecule has 0 aliphatic rings. The van der Waals surface area contributed by atoms with E-state index < -0.39 is 0 Å². The van der Waals surface area contributed by atoms with Crippen LogP contribution in [0, 0.1) is 0 Å². The Labute approximate surface area is 109 Å². The SMILES string of the molecule is CCCCCN[N+](C=C=O)(C=C=O)CCC.[Cl-]. The fourth-order valence-electron chi connectivity index (χ4n) is 1.56. The molecule has 4 nitrogen and oxygen atoms in total. The highest BCUT2D eigenvalue weighted by Gasteiger charge is 2.22. The Bertz CT molecular complexity index is 264. The van der Waals surface area contributed by atoms with Gasteiger partial charge in [-0.2, -0.15) is 10.0 Å². The molecule has 0 saturated carbocycles. The molecule has 17 heavy (non-hydrogen) atoms. The van der Waals surface area contributed by atoms with Gasteiger partial charge in [-0.3, -0.25) is 0 Å². The smallest absolute Gasteiger partial charge is 0.205 e. The fourth-order valence-corrected chi connectivity index (χ4v) is 1.56. The quantitative estimate of drug-likeness (QED) is 0.240. The van der Waals surface area contributed by atoms with Crippen molar-refractivity contribution >= 4 is 11.9 Å². The number of carbonyl (C=O) groups excluding carboxylic acids is 2. The molecule has 1 N–H and O–H groups in total. The number of rotatable bonds is 9. The van der Waals surface area contributed by atoms with E-state index in [1.54, 1.807) is 11.9 Å². The van der Waals surface area contributed by atoms with Crippen LogP contribution < -0.4 is 17.8 Å². The van der Waals surface area contributed by atoms with E-state index in [9.17, 15) is 9.59 Å². The van der Waals surface area contributed by atoms with Gasteiger partial charge >= 0.3 is 0 Å². The van der Waals surface area contributed by atoms with Gasteiger partial charge in [-0.15, -0.1) is 0 Å². The molecule has 0 spiro atoms. The van der Waals surface area contributed by atoms with Crippen molar-refractivity contribution in [2.75, 3.05) is 13.1 Å². The average Bonchev–Trinajstić information content (AvgIpc) is 2.26. The first-order valence-electron chi connectivity index (χ1n) is 5.81. The predicted octanol–water partition coefficient (Wildman–Crippen LogP) is -1.40. The molecule has 0 radical (unpaired) electrons. The Morgan fingerprint density at radius 3 is 2.06 bits per heavy atom. The molecule has 0 bridgehead atoms. The third-order valence-corrected chi connectivity index (χ3v) is 2.35. The maximum atomic E-state index is 10.5. The third kappa shape index (κ3) is 7.92. The van der Waals surface area contributed by atoms with Crippen molar-refractivity contribution in [3.05, 3.63) is 12.4 Å². The summed E-state index contributed by atoms with van der Waals surface area (Å²) in [5.74, 6) is 3.49. The average molecular weight is 261 g/mol. The second-order valence-electron chi connectivity index (χ2n) is 3.76. The van der Waals surface area contributed by atoms with Gasteiger partial charge in [0.15, 0.2) is 11.9 Å². The van der Waals surface area contributed by atoms with Gasteiger partial charge in [0.1, 0.15) is 6.54 Å². The molecule has 0 heterocycles. The summed E-state index contributed by atoms with van der Waals surface area (Å²) in [5.41, 5.74) is 3.17. The minimum absolute atomic E-state index is 0. The lowest BCUT2D eigenvalue weighted by atomic mass is 10.2. The number of nitrogens with one attached hydrogen (secondary N) is 1. The summed E-state index contributed by atoms with van der Waals surface area (Å²) >= 11 is 0. The summed E-state index contributed by atoms with van der Waals surface area (Å²) in [4.78, 5) is 20.9. The van der Waals surface area contributed by atoms with E-state index in [1.165, 1.54) is 12.4 Å². The van der Waals surface area contributed by atoms with Crippen molar-refractivity contribution in [3.63, 3.8) is 0 Å². The van der Waals surface area contributed by atoms with Gasteiger partial charge in [0.05, 0.1) is 0 Å². The second-order valence-corrected chi connectivity index (χ2v) is 3.76. The van der Waals surface area contributed by atoms with Crippen molar-refractivity contribution in [2.24, 2.45) is 0 Å². The van der Waals surface area contributed by atoms with Gasteiger partial charge in [0.25, 0.3) is 0 Å². The molecule has 0 rings (SSSR count). The Morgan fingerprint density at radius 1 is 1.06 bits per heavy atom. The molecule has 0 aromatic heterocycles. The zero-order chi connectivity index (χ0) is 12.3. The summed E-state index contributed by atoms with van der Waals surface area (Å²) in [6.45, 7) is 5.55. The molecule has 0 unspecified atom stereocenters. The van der Waals surface area contributed by atoms with Crippen LogP contribution in [0.3, 0.4) is 0 Å². The standard InChI is InChI=1S/C12H21N2O2.ClH/c1-3-5-6-7-13-14(8-4-2,9-11-15)10-12-16;/h9-10,13H,3-8H2,1-2H3;1H/q+1;/p-1. The molecule has 98 valence electrons. The van der Waals surface area contributed by atoms with Crippen LogP contribution in [0.25, 0.3) is 0 Å².